The Bertz CT molecular complexity index is 1220. The molecule has 0 spiro atoms. The highest BCUT2D eigenvalue weighted by molar-refractivity contribution is 7.90. The molecule has 5 N–H and O–H groups in total. The molecule has 0 atom stereocenters. The van der Waals surface area contributed by atoms with Gasteiger partial charge in [-0.3, -0.25) is 15.0 Å². The quantitative estimate of drug-likeness (QED) is 0.312. The van der Waals surface area contributed by atoms with Crippen LogP contribution in [-0.4, -0.2) is 14.4 Å². The summed E-state index contributed by atoms with van der Waals surface area (Å²) >= 11 is 0. The van der Waals surface area contributed by atoms with E-state index in [1.807, 2.05) is 0 Å². The van der Waals surface area contributed by atoms with Gasteiger partial charge in [-0.2, -0.15) is 13.5 Å². The molecule has 0 radical (unpaired) electrons. The fourth-order valence-corrected chi connectivity index (χ4v) is 3.22. The summed E-state index contributed by atoms with van der Waals surface area (Å²) in [5.74, 6) is -0.573. The summed E-state index contributed by atoms with van der Waals surface area (Å²) in [7, 11) is -3.99. The Morgan fingerprint density at radius 3 is 1.92 bits per heavy atom. The predicted molar refractivity (Wildman–Crippen MR) is 97.5 cm³/mol. The van der Waals surface area contributed by atoms with Crippen molar-refractivity contribution in [3.05, 3.63) is 74.3 Å². The number of sulfonamides is 1. The van der Waals surface area contributed by atoms with Gasteiger partial charge >= 0.3 is 0 Å². The summed E-state index contributed by atoms with van der Waals surface area (Å²) in [6.07, 6.45) is 0. The van der Waals surface area contributed by atoms with Gasteiger partial charge in [-0.25, -0.2) is 0 Å². The van der Waals surface area contributed by atoms with Gasteiger partial charge in [0.15, 0.2) is 5.36 Å². The van der Waals surface area contributed by atoms with E-state index in [1.165, 1.54) is 24.3 Å². The lowest BCUT2D eigenvalue weighted by Gasteiger charge is -2.02. The maximum atomic E-state index is 12.2. The molecule has 0 aromatic heterocycles. The van der Waals surface area contributed by atoms with E-state index in [0.29, 0.717) is 16.5 Å². The van der Waals surface area contributed by atoms with Crippen molar-refractivity contribution < 1.29 is 8.42 Å². The van der Waals surface area contributed by atoms with Crippen LogP contribution < -0.4 is 33.1 Å². The number of guanidine groups is 1. The van der Waals surface area contributed by atoms with Crippen molar-refractivity contribution in [1.29, 1.82) is 0 Å². The second-order valence-corrected chi connectivity index (χ2v) is 6.90. The number of hydrogen-bond acceptors (Lipinski definition) is 6. The van der Waals surface area contributed by atoms with Gasteiger partial charge in [0.25, 0.3) is 10.0 Å². The highest BCUT2D eigenvalue weighted by Gasteiger charge is 2.13. The largest absolute Gasteiger partial charge is 0.369 e. The summed E-state index contributed by atoms with van der Waals surface area (Å²) < 4.78 is 26.9. The topological polar surface area (TPSA) is 157 Å². The number of anilines is 1. The highest BCUT2D eigenvalue weighted by atomic mass is 32.2. The van der Waals surface area contributed by atoms with Crippen molar-refractivity contribution in [3.8, 4) is 0 Å². The maximum absolute atomic E-state index is 12.2. The third-order valence-electron chi connectivity index (χ3n) is 3.52. The third-order valence-corrected chi connectivity index (χ3v) is 4.84. The van der Waals surface area contributed by atoms with Crippen LogP contribution in [0, 0.1) is 0 Å². The van der Waals surface area contributed by atoms with Gasteiger partial charge in [0, 0.05) is 10.8 Å². The molecule has 0 amide bonds. The Morgan fingerprint density at radius 1 is 0.885 bits per heavy atom. The second kappa shape index (κ2) is 6.41. The average Bonchev–Trinajstić information content (AvgIpc) is 2.84. The predicted octanol–water partition coefficient (Wildman–Crippen LogP) is -0.674. The zero-order chi connectivity index (χ0) is 18.9. The van der Waals surface area contributed by atoms with Gasteiger partial charge in [0.2, 0.25) is 16.8 Å². The fourth-order valence-electron chi connectivity index (χ4n) is 2.35. The molecular formula is C16H13N5O4S. The molecule has 0 fully saturated rings. The number of nitrogens with one attached hydrogen (secondary N) is 1. The van der Waals surface area contributed by atoms with Gasteiger partial charge < -0.3 is 11.5 Å². The number of nitrogens with zero attached hydrogens (tertiary/aromatic N) is 2. The first-order valence-corrected chi connectivity index (χ1v) is 8.72. The van der Waals surface area contributed by atoms with Gasteiger partial charge in [0.05, 0.1) is 10.6 Å². The molecule has 0 aliphatic heterocycles. The van der Waals surface area contributed by atoms with E-state index in [1.54, 1.807) is 24.3 Å². The first kappa shape index (κ1) is 17.3. The molecule has 0 saturated carbocycles. The molecule has 10 heteroatoms. The SMILES string of the molecule is NC(N)=NS(=O)(=O)c1ccc(NN=c2c(=O)c3ccccc3c2=O)cc1. The van der Waals surface area contributed by atoms with Crippen LogP contribution in [0.4, 0.5) is 5.69 Å². The minimum absolute atomic E-state index is 0.121. The van der Waals surface area contributed by atoms with Crippen LogP contribution in [0.1, 0.15) is 0 Å². The smallest absolute Gasteiger partial charge is 0.285 e. The standard InChI is InChI=1S/C16H13N5O4S/c17-16(18)21-26(24,25)10-7-5-9(6-8-10)19-20-13-14(22)11-3-1-2-4-12(11)15(13)23/h1-8,19H,(H4,17,18,21). The fraction of sp³-hybridized carbons (Fsp3) is 0. The maximum Gasteiger partial charge on any atom is 0.285 e. The van der Waals surface area contributed by atoms with E-state index in [-0.39, 0.29) is 10.3 Å². The van der Waals surface area contributed by atoms with Crippen molar-refractivity contribution >= 4 is 32.4 Å². The van der Waals surface area contributed by atoms with Crippen LogP contribution >= 0.6 is 0 Å². The molecule has 0 bridgehead atoms. The van der Waals surface area contributed by atoms with E-state index in [2.05, 4.69) is 14.9 Å². The van der Waals surface area contributed by atoms with E-state index in [9.17, 15) is 18.0 Å². The number of hydrogen-bond donors (Lipinski definition) is 3. The van der Waals surface area contributed by atoms with Crippen molar-refractivity contribution in [2.45, 2.75) is 4.90 Å². The third kappa shape index (κ3) is 3.17. The number of nitrogens with two attached hydrogens (primary N) is 2. The van der Waals surface area contributed by atoms with Crippen LogP contribution in [0.3, 0.4) is 0 Å². The van der Waals surface area contributed by atoms with Gasteiger partial charge in [-0.1, -0.05) is 24.3 Å². The Labute approximate surface area is 147 Å². The minimum Gasteiger partial charge on any atom is -0.369 e. The molecule has 9 nitrogen and oxygen atoms in total. The first-order valence-electron chi connectivity index (χ1n) is 7.28. The summed E-state index contributed by atoms with van der Waals surface area (Å²) in [5, 5.41) is 4.23. The Morgan fingerprint density at radius 2 is 1.42 bits per heavy atom. The van der Waals surface area contributed by atoms with E-state index in [4.69, 9.17) is 11.5 Å². The zero-order valence-corrected chi connectivity index (χ0v) is 14.0. The molecule has 3 rings (SSSR count). The molecule has 26 heavy (non-hydrogen) atoms. The number of fused-ring (bicyclic) bond motifs is 1. The molecule has 0 heterocycles. The van der Waals surface area contributed by atoms with E-state index in [0.717, 1.165) is 0 Å². The van der Waals surface area contributed by atoms with E-state index >= 15 is 0 Å². The van der Waals surface area contributed by atoms with Gasteiger partial charge in [-0.15, -0.1) is 4.40 Å². The van der Waals surface area contributed by atoms with Crippen molar-refractivity contribution in [1.82, 2.24) is 0 Å². The molecular weight excluding hydrogens is 358 g/mol. The van der Waals surface area contributed by atoms with Crippen LogP contribution in [0.15, 0.2) is 72.5 Å². The normalized spacial score (nSPS) is 11.2. The number of benzene rings is 2. The van der Waals surface area contributed by atoms with Crippen LogP contribution in [0.5, 0.6) is 0 Å². The lowest BCUT2D eigenvalue weighted by atomic mass is 10.2. The van der Waals surface area contributed by atoms with Gasteiger partial charge in [0.1, 0.15) is 0 Å². The molecule has 0 aliphatic carbocycles. The highest BCUT2D eigenvalue weighted by Crippen LogP contribution is 2.15. The van der Waals surface area contributed by atoms with Crippen LogP contribution in [-0.2, 0) is 10.0 Å². The Kier molecular flexibility index (Phi) is 4.26. The lowest BCUT2D eigenvalue weighted by molar-refractivity contribution is 0.598. The molecule has 0 unspecified atom stereocenters. The average molecular weight is 371 g/mol. The minimum atomic E-state index is -3.99. The molecule has 0 saturated heterocycles. The monoisotopic (exact) mass is 371 g/mol. The van der Waals surface area contributed by atoms with Gasteiger partial charge in [-0.05, 0) is 24.3 Å². The van der Waals surface area contributed by atoms with Crippen LogP contribution in [0.2, 0.25) is 0 Å². The van der Waals surface area contributed by atoms with E-state index < -0.39 is 26.8 Å². The second-order valence-electron chi connectivity index (χ2n) is 5.29. The summed E-state index contributed by atoms with van der Waals surface area (Å²) in [6, 6.07) is 11.8. The Balaban J connectivity index is 1.94. The van der Waals surface area contributed by atoms with Crippen LogP contribution in [0.25, 0.3) is 10.8 Å². The lowest BCUT2D eigenvalue weighted by Crippen LogP contribution is -2.32. The first-order chi connectivity index (χ1) is 12.3. The molecule has 3 aromatic rings. The van der Waals surface area contributed by atoms with Crippen molar-refractivity contribution in [2.75, 3.05) is 5.43 Å². The van der Waals surface area contributed by atoms with Crippen molar-refractivity contribution in [3.63, 3.8) is 0 Å². The molecule has 132 valence electrons. The van der Waals surface area contributed by atoms with Crippen molar-refractivity contribution in [2.24, 2.45) is 21.0 Å². The number of rotatable bonds is 4. The Hall–Kier alpha value is -3.53. The summed E-state index contributed by atoms with van der Waals surface area (Å²) in [4.78, 5) is 24.3. The molecule has 3 aromatic carbocycles. The summed E-state index contributed by atoms with van der Waals surface area (Å²) in [6.45, 7) is 0. The zero-order valence-electron chi connectivity index (χ0n) is 13.2. The summed E-state index contributed by atoms with van der Waals surface area (Å²) in [5.41, 5.74) is 12.2. The molecule has 0 aliphatic rings.